The number of fused-ring (bicyclic) bond motifs is 8. The van der Waals surface area contributed by atoms with Crippen LogP contribution in [0.15, 0.2) is 49.2 Å². The Labute approximate surface area is 294 Å². The number of carbonyl (C=O) groups excluding carboxylic acids is 2. The van der Waals surface area contributed by atoms with Gasteiger partial charge in [0, 0.05) is 42.7 Å². The number of hydrogen-bond acceptors (Lipinski definition) is 9. The number of carbonyl (C=O) groups is 4. The third-order valence-corrected chi connectivity index (χ3v) is 10.4. The summed E-state index contributed by atoms with van der Waals surface area (Å²) in [7, 11) is 0. The standard InChI is InChI=1S/C19H22N2O.2C7H8O4.C2H6.CH3.V/c1-2-13-12-21-10-8-14(13)11-18(21)19(22)16-7-9-20-17-6-4-3-5-15(16)17;2*8-6(9)4-1-3-2-5(4)7(10)11-3;1-2;;/h2-7,9,13-14,18-19,22H,1,8,10-12H2;2*3-5H,1-2H2,(H,8,9);1-2H3;1H3;/q;;;;-1;/t13?,14?,18?,19-;;;;;/m1...../s1. The number of nitrogens with zero attached hydrogens (tertiary/aromatic N) is 2. The van der Waals surface area contributed by atoms with Gasteiger partial charge in [0.1, 0.15) is 12.2 Å². The first-order valence-electron chi connectivity index (χ1n) is 16.4. The molecule has 1 radical (unpaired) electrons. The molecule has 7 fully saturated rings. The van der Waals surface area contributed by atoms with Gasteiger partial charge in [-0.2, -0.15) is 0 Å². The SMILES string of the molecule is C=CC1CN2CCC1CC2[C@H](O)c1ccnc2ccccc12.CC.O=C(O)C1CC2CC1C(=O)O2.O=C(O)C1CC2CC1C(=O)O2.[CH3-].[V]. The first-order valence-corrected chi connectivity index (χ1v) is 16.4. The van der Waals surface area contributed by atoms with Crippen LogP contribution in [-0.2, 0) is 47.2 Å². The quantitative estimate of drug-likeness (QED) is 0.225. The number of benzene rings is 1. The summed E-state index contributed by atoms with van der Waals surface area (Å²) in [4.78, 5) is 49.6. The summed E-state index contributed by atoms with van der Waals surface area (Å²) < 4.78 is 9.68. The van der Waals surface area contributed by atoms with Crippen LogP contribution in [0.4, 0.5) is 0 Å². The molecule has 1 aromatic heterocycles. The normalized spacial score (nSPS) is 33.5. The fourth-order valence-corrected chi connectivity index (χ4v) is 8.03. The average Bonchev–Trinajstić information content (AvgIpc) is 3.87. The van der Waals surface area contributed by atoms with Gasteiger partial charge in [0.15, 0.2) is 0 Å². The van der Waals surface area contributed by atoms with Crippen molar-refractivity contribution in [1.29, 1.82) is 0 Å². The maximum absolute atomic E-state index is 11.0. The molecular weight excluding hydrogens is 655 g/mol. The molecule has 6 heterocycles. The zero-order valence-electron chi connectivity index (χ0n) is 27.8. The molecule has 5 aliphatic heterocycles. The summed E-state index contributed by atoms with van der Waals surface area (Å²) in [6.45, 7) is 10.1. The van der Waals surface area contributed by atoms with Crippen LogP contribution >= 0.6 is 0 Å². The van der Waals surface area contributed by atoms with Crippen LogP contribution in [0.25, 0.3) is 10.9 Å². The topological polar surface area (TPSA) is 164 Å². The first kappa shape index (κ1) is 39.2. The number of aromatic nitrogens is 1. The van der Waals surface area contributed by atoms with Crippen molar-refractivity contribution in [3.05, 3.63) is 62.2 Å². The van der Waals surface area contributed by atoms with Crippen LogP contribution in [0, 0.1) is 42.9 Å². The number of aliphatic carboxylic acids is 2. The zero-order chi connectivity index (χ0) is 33.1. The Kier molecular flexibility index (Phi) is 13.8. The minimum atomic E-state index is -0.867. The largest absolute Gasteiger partial charge is 0.481 e. The summed E-state index contributed by atoms with van der Waals surface area (Å²) >= 11 is 0. The second kappa shape index (κ2) is 16.9. The number of rotatable bonds is 5. The number of carboxylic acids is 2. The van der Waals surface area contributed by atoms with E-state index in [1.54, 1.807) is 0 Å². The van der Waals surface area contributed by atoms with Crippen LogP contribution in [-0.4, -0.2) is 80.4 Å². The van der Waals surface area contributed by atoms with E-state index in [-0.39, 0.29) is 68.0 Å². The number of carboxylic acid groups (broad SMARTS) is 2. The van der Waals surface area contributed by atoms with Gasteiger partial charge in [-0.25, -0.2) is 0 Å². The van der Waals surface area contributed by atoms with Gasteiger partial charge >= 0.3 is 23.9 Å². The van der Waals surface area contributed by atoms with Gasteiger partial charge in [-0.3, -0.25) is 29.1 Å². The molecule has 11 atom stereocenters. The summed E-state index contributed by atoms with van der Waals surface area (Å²) in [5.41, 5.74) is 1.97. The molecule has 11 nitrogen and oxygen atoms in total. The van der Waals surface area contributed by atoms with Crippen LogP contribution in [0.5, 0.6) is 0 Å². The number of aliphatic hydroxyl groups is 1. The third-order valence-electron chi connectivity index (χ3n) is 10.4. The zero-order valence-corrected chi connectivity index (χ0v) is 29.2. The molecule has 10 unspecified atom stereocenters. The number of para-hydroxylation sites is 1. The summed E-state index contributed by atoms with van der Waals surface area (Å²) in [5, 5.41) is 29.4. The molecule has 2 aliphatic carbocycles. The van der Waals surface area contributed by atoms with Crippen molar-refractivity contribution in [2.45, 2.75) is 76.7 Å². The molecule has 6 bridgehead atoms. The van der Waals surface area contributed by atoms with Crippen LogP contribution in [0.2, 0.25) is 0 Å². The Morgan fingerprint density at radius 3 is 1.94 bits per heavy atom. The van der Waals surface area contributed by atoms with Crippen LogP contribution in [0.1, 0.15) is 64.0 Å². The number of esters is 2. The monoisotopic (exact) mass is 702 g/mol. The minimum Gasteiger partial charge on any atom is -0.481 e. The third kappa shape index (κ3) is 7.96. The van der Waals surface area contributed by atoms with E-state index in [9.17, 15) is 24.3 Å². The second-order valence-corrected chi connectivity index (χ2v) is 12.8. The van der Waals surface area contributed by atoms with Gasteiger partial charge in [-0.05, 0) is 74.6 Å². The van der Waals surface area contributed by atoms with Crippen molar-refractivity contribution in [1.82, 2.24) is 9.88 Å². The molecule has 5 saturated heterocycles. The number of piperidine rings is 3. The number of hydrogen-bond donors (Lipinski definition) is 3. The van der Waals surface area contributed by atoms with E-state index in [1.165, 1.54) is 6.42 Å². The Bertz CT molecular complexity index is 1420. The molecule has 12 heteroatoms. The van der Waals surface area contributed by atoms with E-state index >= 15 is 0 Å². The smallest absolute Gasteiger partial charge is 0.310 e. The van der Waals surface area contributed by atoms with Gasteiger partial charge in [0.25, 0.3) is 0 Å². The Balaban J connectivity index is 0.000000204. The predicted octanol–water partition coefficient (Wildman–Crippen LogP) is 4.68. The average molecular weight is 703 g/mol. The molecule has 3 N–H and O–H groups in total. The van der Waals surface area contributed by atoms with Gasteiger partial charge in [-0.15, -0.1) is 6.58 Å². The van der Waals surface area contributed by atoms with E-state index in [2.05, 4.69) is 28.6 Å². The molecular formula is C36H47N2O9V-. The van der Waals surface area contributed by atoms with Crippen molar-refractivity contribution in [2.75, 3.05) is 13.1 Å². The second-order valence-electron chi connectivity index (χ2n) is 12.8. The summed E-state index contributed by atoms with van der Waals surface area (Å²) in [6.07, 6.45) is 7.75. The van der Waals surface area contributed by atoms with Crippen LogP contribution < -0.4 is 0 Å². The molecule has 48 heavy (non-hydrogen) atoms. The molecule has 9 rings (SSSR count). The molecule has 7 aliphatic rings. The number of aliphatic hydroxyl groups excluding tert-OH is 1. The van der Waals surface area contributed by atoms with Crippen LogP contribution in [0.3, 0.4) is 0 Å². The van der Waals surface area contributed by atoms with E-state index in [4.69, 9.17) is 19.7 Å². The van der Waals surface area contributed by atoms with Gasteiger partial charge < -0.3 is 32.2 Å². The van der Waals surface area contributed by atoms with E-state index < -0.39 is 29.9 Å². The van der Waals surface area contributed by atoms with Gasteiger partial charge in [0.2, 0.25) is 0 Å². The van der Waals surface area contributed by atoms with E-state index in [1.807, 2.05) is 44.3 Å². The molecule has 2 aromatic rings. The molecule has 0 amide bonds. The van der Waals surface area contributed by atoms with Crippen molar-refractivity contribution in [3.63, 3.8) is 0 Å². The number of ether oxygens (including phenoxy) is 2. The molecule has 0 spiro atoms. The van der Waals surface area contributed by atoms with Crippen molar-refractivity contribution in [2.24, 2.45) is 35.5 Å². The van der Waals surface area contributed by atoms with E-state index in [0.717, 1.165) is 36.0 Å². The van der Waals surface area contributed by atoms with Gasteiger partial charge in [0.05, 0.1) is 35.3 Å². The molecule has 1 aromatic carbocycles. The summed E-state index contributed by atoms with van der Waals surface area (Å²) in [5.74, 6) is -2.82. The van der Waals surface area contributed by atoms with Gasteiger partial charge in [-0.1, -0.05) is 38.1 Å². The maximum Gasteiger partial charge on any atom is 0.310 e. The molecule has 261 valence electrons. The minimum absolute atomic E-state index is 0. The molecule has 2 saturated carbocycles. The summed E-state index contributed by atoms with van der Waals surface area (Å²) in [6, 6.07) is 10.3. The predicted molar refractivity (Wildman–Crippen MR) is 174 cm³/mol. The first-order chi connectivity index (χ1) is 22.1. The maximum atomic E-state index is 11.0. The Hall–Kier alpha value is -3.25. The Morgan fingerprint density at radius 1 is 0.938 bits per heavy atom. The number of pyridine rings is 1. The van der Waals surface area contributed by atoms with Crippen molar-refractivity contribution in [3.8, 4) is 0 Å². The fraction of sp³-hybridized carbons (Fsp3) is 0.556. The van der Waals surface area contributed by atoms with Crippen molar-refractivity contribution < 1.29 is 62.5 Å². The van der Waals surface area contributed by atoms with E-state index in [0.29, 0.717) is 37.5 Å². The van der Waals surface area contributed by atoms with Crippen molar-refractivity contribution >= 4 is 34.8 Å². The Morgan fingerprint density at radius 2 is 1.50 bits per heavy atom. The fourth-order valence-electron chi connectivity index (χ4n) is 8.03.